The lowest BCUT2D eigenvalue weighted by molar-refractivity contribution is 0.130. The predicted octanol–water partition coefficient (Wildman–Crippen LogP) is 5.69. The average molecular weight is 456 g/mol. The summed E-state index contributed by atoms with van der Waals surface area (Å²) in [5, 5.41) is 13.8. The molecule has 4 aromatic rings. The molecular weight excluding hydrogens is 426 g/mol. The van der Waals surface area contributed by atoms with Crippen molar-refractivity contribution in [3.63, 3.8) is 0 Å². The molecule has 8 heteroatoms. The Morgan fingerprint density at radius 3 is 2.74 bits per heavy atom. The Balaban J connectivity index is 1.40. The molecule has 174 valence electrons. The van der Waals surface area contributed by atoms with Gasteiger partial charge in [0.05, 0.1) is 30.4 Å². The molecule has 8 nitrogen and oxygen atoms in total. The van der Waals surface area contributed by atoms with E-state index in [1.807, 2.05) is 50.8 Å². The van der Waals surface area contributed by atoms with E-state index in [1.165, 1.54) is 0 Å². The molecule has 3 heterocycles. The molecule has 0 bridgehead atoms. The van der Waals surface area contributed by atoms with Crippen molar-refractivity contribution in [1.82, 2.24) is 24.5 Å². The molecule has 3 aromatic heterocycles. The number of nitrogens with zero attached hydrogens (tertiary/aromatic N) is 6. The van der Waals surface area contributed by atoms with E-state index in [2.05, 4.69) is 37.9 Å². The van der Waals surface area contributed by atoms with Crippen LogP contribution < -0.4 is 10.1 Å². The van der Waals surface area contributed by atoms with E-state index in [0.717, 1.165) is 71.5 Å². The highest BCUT2D eigenvalue weighted by Gasteiger charge is 2.27. The van der Waals surface area contributed by atoms with Crippen molar-refractivity contribution in [2.24, 2.45) is 7.05 Å². The van der Waals surface area contributed by atoms with Crippen LogP contribution in [0.1, 0.15) is 44.2 Å². The lowest BCUT2D eigenvalue weighted by Gasteiger charge is -2.30. The zero-order valence-electron chi connectivity index (χ0n) is 19.8. The summed E-state index contributed by atoms with van der Waals surface area (Å²) in [6, 6.07) is 8.10. The second-order valence-electron chi connectivity index (χ2n) is 8.87. The van der Waals surface area contributed by atoms with Crippen molar-refractivity contribution in [2.45, 2.75) is 51.7 Å². The summed E-state index contributed by atoms with van der Waals surface area (Å²) in [5.74, 6) is 1.68. The number of hydrogen-bond acceptors (Lipinski definition) is 5. The van der Waals surface area contributed by atoms with E-state index >= 15 is 0 Å². The lowest BCUT2D eigenvalue weighted by Crippen LogP contribution is -2.26. The highest BCUT2D eigenvalue weighted by atomic mass is 16.5. The summed E-state index contributed by atoms with van der Waals surface area (Å²) >= 11 is 0. The topological polar surface area (TPSA) is 74.1 Å². The molecule has 0 atom stereocenters. The van der Waals surface area contributed by atoms with E-state index < -0.39 is 0 Å². The van der Waals surface area contributed by atoms with Gasteiger partial charge in [-0.05, 0) is 51.2 Å². The Bertz CT molecular complexity index is 1360. The van der Waals surface area contributed by atoms with Gasteiger partial charge in [-0.25, -0.2) is 9.83 Å². The smallest absolute Gasteiger partial charge is 0.193 e. The molecule has 34 heavy (non-hydrogen) atoms. The van der Waals surface area contributed by atoms with E-state index in [-0.39, 0.29) is 6.10 Å². The molecule has 5 rings (SSSR count). The molecule has 1 fully saturated rings. The maximum absolute atomic E-state index is 7.34. The van der Waals surface area contributed by atoms with Crippen molar-refractivity contribution in [1.29, 1.82) is 0 Å². The van der Waals surface area contributed by atoms with Crippen molar-refractivity contribution in [3.8, 4) is 17.0 Å². The Labute approximate surface area is 199 Å². The molecular formula is C26H29N7O. The van der Waals surface area contributed by atoms with Gasteiger partial charge in [-0.1, -0.05) is 12.1 Å². The normalized spacial score (nSPS) is 18.1. The van der Waals surface area contributed by atoms with Crippen molar-refractivity contribution < 1.29 is 4.74 Å². The number of aromatic nitrogens is 5. The molecule has 0 unspecified atom stereocenters. The van der Waals surface area contributed by atoms with Gasteiger partial charge in [-0.3, -0.25) is 9.36 Å². The van der Waals surface area contributed by atoms with Crippen LogP contribution in [0.15, 0.2) is 42.9 Å². The largest absolute Gasteiger partial charge is 0.491 e. The number of rotatable bonds is 6. The van der Waals surface area contributed by atoms with Gasteiger partial charge >= 0.3 is 0 Å². The molecule has 0 aliphatic heterocycles. The van der Waals surface area contributed by atoms with E-state index in [9.17, 15) is 0 Å². The standard InChI is InChI=1S/C26H29N7O/c1-5-28-25-13-23-21(15-29-25)26(18-14-30-32(4)16-18)31-33(23)19-9-11-20(12-10-19)34-24-8-6-7-22(27-3)17(24)2/h6-8,13-16,19-20H,5,9-12H2,1-2,4H3,(H,28,29). The van der Waals surface area contributed by atoms with Crippen LogP contribution in [0.2, 0.25) is 0 Å². The SMILES string of the molecule is [C-]#[N+]c1cccc(OC2CCC(n3nc(-c4cnn(C)c4)c4cnc(NCC)cc43)CC2)c1C. The van der Waals surface area contributed by atoms with Gasteiger partial charge in [0.15, 0.2) is 5.69 Å². The Morgan fingerprint density at radius 2 is 2.03 bits per heavy atom. The number of anilines is 1. The first-order valence-corrected chi connectivity index (χ1v) is 11.8. The Kier molecular flexibility index (Phi) is 5.93. The van der Waals surface area contributed by atoms with Crippen LogP contribution in [0.25, 0.3) is 27.0 Å². The lowest BCUT2D eigenvalue weighted by atomic mass is 9.93. The van der Waals surface area contributed by atoms with Crippen LogP contribution >= 0.6 is 0 Å². The van der Waals surface area contributed by atoms with Crippen LogP contribution in [0, 0.1) is 13.5 Å². The zero-order valence-corrected chi connectivity index (χ0v) is 19.8. The number of pyridine rings is 1. The molecule has 1 N–H and O–H groups in total. The predicted molar refractivity (Wildman–Crippen MR) is 133 cm³/mol. The third-order valence-electron chi connectivity index (χ3n) is 6.59. The molecule has 1 aliphatic rings. The quantitative estimate of drug-likeness (QED) is 0.378. The number of benzene rings is 1. The first kappa shape index (κ1) is 22.0. The molecule has 0 amide bonds. The van der Waals surface area contributed by atoms with E-state index in [0.29, 0.717) is 11.7 Å². The minimum atomic E-state index is 0.148. The summed E-state index contributed by atoms with van der Waals surface area (Å²) in [4.78, 5) is 8.19. The third kappa shape index (κ3) is 4.10. The summed E-state index contributed by atoms with van der Waals surface area (Å²) in [6.07, 6.45) is 9.77. The maximum Gasteiger partial charge on any atom is 0.193 e. The van der Waals surface area contributed by atoms with Gasteiger partial charge in [0.1, 0.15) is 17.3 Å². The minimum Gasteiger partial charge on any atom is -0.491 e. The average Bonchev–Trinajstić information content (AvgIpc) is 3.44. The highest BCUT2D eigenvalue weighted by Crippen LogP contribution is 2.37. The molecule has 1 aliphatic carbocycles. The molecule has 0 spiro atoms. The van der Waals surface area contributed by atoms with Crippen LogP contribution in [-0.2, 0) is 7.05 Å². The van der Waals surface area contributed by atoms with E-state index in [4.69, 9.17) is 16.4 Å². The second-order valence-corrected chi connectivity index (χ2v) is 8.87. The molecule has 0 radical (unpaired) electrons. The Hall–Kier alpha value is -3.86. The van der Waals surface area contributed by atoms with Gasteiger partial charge < -0.3 is 10.1 Å². The number of aryl methyl sites for hydroxylation is 1. The minimum absolute atomic E-state index is 0.148. The van der Waals surface area contributed by atoms with Crippen molar-refractivity contribution in [3.05, 3.63) is 59.8 Å². The van der Waals surface area contributed by atoms with Crippen molar-refractivity contribution in [2.75, 3.05) is 11.9 Å². The first-order valence-electron chi connectivity index (χ1n) is 11.8. The highest BCUT2D eigenvalue weighted by molar-refractivity contribution is 5.93. The Morgan fingerprint density at radius 1 is 1.21 bits per heavy atom. The summed E-state index contributed by atoms with van der Waals surface area (Å²) in [5.41, 5.74) is 4.58. The van der Waals surface area contributed by atoms with Crippen LogP contribution in [-0.4, -0.2) is 37.2 Å². The second kappa shape index (κ2) is 9.18. The fourth-order valence-corrected chi connectivity index (χ4v) is 4.78. The van der Waals surface area contributed by atoms with Gasteiger partial charge in [0.2, 0.25) is 0 Å². The zero-order chi connectivity index (χ0) is 23.7. The monoisotopic (exact) mass is 455 g/mol. The first-order chi connectivity index (χ1) is 16.6. The molecule has 1 saturated carbocycles. The maximum atomic E-state index is 7.34. The molecule has 0 saturated heterocycles. The van der Waals surface area contributed by atoms with Gasteiger partial charge in [-0.15, -0.1) is 0 Å². The van der Waals surface area contributed by atoms with Crippen LogP contribution in [0.4, 0.5) is 11.5 Å². The van der Waals surface area contributed by atoms with Gasteiger partial charge in [-0.2, -0.15) is 10.2 Å². The fourth-order valence-electron chi connectivity index (χ4n) is 4.78. The fraction of sp³-hybridized carbons (Fsp3) is 0.385. The number of ether oxygens (including phenoxy) is 1. The summed E-state index contributed by atoms with van der Waals surface area (Å²) < 4.78 is 10.3. The van der Waals surface area contributed by atoms with Gasteiger partial charge in [0, 0.05) is 43.0 Å². The summed E-state index contributed by atoms with van der Waals surface area (Å²) in [7, 11) is 1.92. The number of fused-ring (bicyclic) bond motifs is 1. The number of nitrogens with one attached hydrogen (secondary N) is 1. The molecule has 1 aromatic carbocycles. The van der Waals surface area contributed by atoms with E-state index in [1.54, 1.807) is 4.68 Å². The van der Waals surface area contributed by atoms with Crippen LogP contribution in [0.5, 0.6) is 5.75 Å². The third-order valence-corrected chi connectivity index (χ3v) is 6.59. The summed E-state index contributed by atoms with van der Waals surface area (Å²) in [6.45, 7) is 12.2. The van der Waals surface area contributed by atoms with Gasteiger partial charge in [0.25, 0.3) is 0 Å². The van der Waals surface area contributed by atoms with Crippen LogP contribution in [0.3, 0.4) is 0 Å². The number of hydrogen-bond donors (Lipinski definition) is 1. The van der Waals surface area contributed by atoms with Crippen molar-refractivity contribution >= 4 is 22.4 Å².